The van der Waals surface area contributed by atoms with Crippen molar-refractivity contribution in [1.29, 1.82) is 0 Å². The molecule has 0 aliphatic heterocycles. The molecule has 2 rings (SSSR count). The molecule has 1 heterocycles. The predicted molar refractivity (Wildman–Crippen MR) is 107 cm³/mol. The number of aromatic nitrogens is 2. The Morgan fingerprint density at radius 3 is 2.34 bits per heavy atom. The van der Waals surface area contributed by atoms with Crippen molar-refractivity contribution in [3.8, 4) is 22.8 Å². The summed E-state index contributed by atoms with van der Waals surface area (Å²) in [5.41, 5.74) is -0.0449. The molecule has 32 heavy (non-hydrogen) atoms. The van der Waals surface area contributed by atoms with Crippen molar-refractivity contribution in [2.75, 3.05) is 23.9 Å². The van der Waals surface area contributed by atoms with Crippen LogP contribution in [-0.4, -0.2) is 46.8 Å². The fourth-order valence-corrected chi connectivity index (χ4v) is 2.78. The summed E-state index contributed by atoms with van der Waals surface area (Å²) in [5, 5.41) is 3.20. The van der Waals surface area contributed by atoms with Crippen LogP contribution in [0.3, 0.4) is 0 Å². The third-order valence-electron chi connectivity index (χ3n) is 3.72. The zero-order valence-electron chi connectivity index (χ0n) is 16.4. The molecule has 1 aromatic carbocycles. The Balaban J connectivity index is 2.29. The summed E-state index contributed by atoms with van der Waals surface area (Å²) in [6.07, 6.45) is -6.40. The number of rotatable bonds is 10. The number of anilines is 1. The summed E-state index contributed by atoms with van der Waals surface area (Å²) in [7, 11) is 0. The Morgan fingerprint density at radius 2 is 1.69 bits per heavy atom. The first kappa shape index (κ1) is 25.7. The van der Waals surface area contributed by atoms with Crippen molar-refractivity contribution in [2.45, 2.75) is 31.6 Å². The van der Waals surface area contributed by atoms with Crippen molar-refractivity contribution >= 4 is 27.8 Å². The van der Waals surface area contributed by atoms with Gasteiger partial charge in [-0.2, -0.15) is 26.3 Å². The van der Waals surface area contributed by atoms with Gasteiger partial charge >= 0.3 is 12.4 Å². The van der Waals surface area contributed by atoms with Gasteiger partial charge in [-0.25, -0.2) is 9.97 Å². The minimum absolute atomic E-state index is 0.0189. The Labute approximate surface area is 187 Å². The summed E-state index contributed by atoms with van der Waals surface area (Å²) in [4.78, 5) is 19.9. The number of benzene rings is 1. The van der Waals surface area contributed by atoms with Gasteiger partial charge in [-0.3, -0.25) is 10.1 Å². The highest BCUT2D eigenvalue weighted by molar-refractivity contribution is 9.09. The maximum absolute atomic E-state index is 12.6. The van der Waals surface area contributed by atoms with Gasteiger partial charge in [0.2, 0.25) is 11.9 Å². The smallest absolute Gasteiger partial charge is 0.422 e. The van der Waals surface area contributed by atoms with Crippen LogP contribution in [0.15, 0.2) is 30.5 Å². The van der Waals surface area contributed by atoms with Crippen LogP contribution in [0.25, 0.3) is 11.3 Å². The van der Waals surface area contributed by atoms with E-state index in [0.29, 0.717) is 6.42 Å². The lowest BCUT2D eigenvalue weighted by Gasteiger charge is -2.15. The Bertz CT molecular complexity index is 909. The lowest BCUT2D eigenvalue weighted by atomic mass is 10.1. The first-order valence-corrected chi connectivity index (χ1v) is 10.3. The highest BCUT2D eigenvalue weighted by Gasteiger charge is 2.30. The summed E-state index contributed by atoms with van der Waals surface area (Å²) in [6, 6.07) is 4.48. The molecule has 1 amide bonds. The summed E-state index contributed by atoms with van der Waals surface area (Å²) >= 11 is 3.25. The van der Waals surface area contributed by atoms with Gasteiger partial charge in [-0.15, -0.1) is 0 Å². The van der Waals surface area contributed by atoms with Gasteiger partial charge in [0.1, 0.15) is 11.5 Å². The number of ether oxygens (including phenoxy) is 2. The predicted octanol–water partition coefficient (Wildman–Crippen LogP) is 5.53. The molecule has 6 nitrogen and oxygen atoms in total. The second-order valence-electron chi connectivity index (χ2n) is 6.43. The van der Waals surface area contributed by atoms with Gasteiger partial charge in [-0.1, -0.05) is 15.9 Å². The topological polar surface area (TPSA) is 73.3 Å². The van der Waals surface area contributed by atoms with Crippen LogP contribution >= 0.6 is 15.9 Å². The first-order valence-electron chi connectivity index (χ1n) is 9.19. The van der Waals surface area contributed by atoms with E-state index in [1.165, 1.54) is 12.3 Å². The van der Waals surface area contributed by atoms with Crippen molar-refractivity contribution in [3.63, 3.8) is 0 Å². The van der Waals surface area contributed by atoms with Crippen LogP contribution in [0.4, 0.5) is 32.3 Å². The monoisotopic (exact) mass is 529 g/mol. The number of unbranched alkanes of at least 4 members (excludes halogenated alkanes) is 1. The minimum Gasteiger partial charge on any atom is -0.484 e. The number of nitrogens with one attached hydrogen (secondary N) is 1. The Morgan fingerprint density at radius 1 is 1.00 bits per heavy atom. The summed E-state index contributed by atoms with van der Waals surface area (Å²) < 4.78 is 84.6. The molecule has 2 aromatic rings. The lowest BCUT2D eigenvalue weighted by Crippen LogP contribution is -2.20. The zero-order chi connectivity index (χ0) is 23.8. The average molecular weight is 530 g/mol. The molecule has 0 saturated heterocycles. The van der Waals surface area contributed by atoms with Gasteiger partial charge in [-0.05, 0) is 37.1 Å². The van der Waals surface area contributed by atoms with Gasteiger partial charge < -0.3 is 9.47 Å². The normalized spacial score (nSPS) is 11.8. The molecule has 0 saturated carbocycles. The largest absolute Gasteiger partial charge is 0.484 e. The molecule has 0 fully saturated rings. The van der Waals surface area contributed by atoms with E-state index in [2.05, 4.69) is 36.0 Å². The van der Waals surface area contributed by atoms with Crippen LogP contribution in [0.5, 0.6) is 11.5 Å². The molecule has 0 aliphatic rings. The van der Waals surface area contributed by atoms with Crippen LogP contribution in [-0.2, 0) is 4.79 Å². The molecule has 0 bridgehead atoms. The van der Waals surface area contributed by atoms with Gasteiger partial charge in [0.25, 0.3) is 0 Å². The van der Waals surface area contributed by atoms with E-state index < -0.39 is 25.6 Å². The number of halogens is 7. The second kappa shape index (κ2) is 11.3. The highest BCUT2D eigenvalue weighted by Crippen LogP contribution is 2.34. The van der Waals surface area contributed by atoms with Gasteiger partial charge in [0.05, 0.1) is 5.69 Å². The first-order chi connectivity index (χ1) is 15.0. The molecule has 0 aliphatic carbocycles. The van der Waals surface area contributed by atoms with Crippen LogP contribution < -0.4 is 14.8 Å². The standard InChI is InChI=1S/C19H18BrF6N3O3/c20-7-2-1-3-16(30)29-17-27-8-6-14(28-17)13-9-12(31-10-18(21,22)23)4-5-15(13)32-11-19(24,25)26/h4-6,8-9H,1-3,7,10-11H2,(H,27,28,29,30). The molecule has 0 unspecified atom stereocenters. The zero-order valence-corrected chi connectivity index (χ0v) is 18.0. The fraction of sp³-hybridized carbons (Fsp3) is 0.421. The Kier molecular flexibility index (Phi) is 9.10. The van der Waals surface area contributed by atoms with Gasteiger partial charge in [0, 0.05) is 23.5 Å². The van der Waals surface area contributed by atoms with Gasteiger partial charge in [0.15, 0.2) is 13.2 Å². The maximum Gasteiger partial charge on any atom is 0.422 e. The number of amides is 1. The molecule has 13 heteroatoms. The second-order valence-corrected chi connectivity index (χ2v) is 7.22. The molecule has 0 radical (unpaired) electrons. The van der Waals surface area contributed by atoms with Crippen LogP contribution in [0.2, 0.25) is 0 Å². The van der Waals surface area contributed by atoms with Crippen molar-refractivity contribution < 1.29 is 40.6 Å². The number of hydrogen-bond acceptors (Lipinski definition) is 5. The van der Waals surface area contributed by atoms with E-state index in [9.17, 15) is 31.1 Å². The quantitative estimate of drug-likeness (QED) is 0.249. The molecule has 1 N–H and O–H groups in total. The number of carbonyl (C=O) groups excluding carboxylic acids is 1. The van der Waals surface area contributed by atoms with Crippen molar-refractivity contribution in [1.82, 2.24) is 9.97 Å². The third-order valence-corrected chi connectivity index (χ3v) is 4.28. The van der Waals surface area contributed by atoms with Crippen molar-refractivity contribution in [3.05, 3.63) is 30.5 Å². The highest BCUT2D eigenvalue weighted by atomic mass is 79.9. The van der Waals surface area contributed by atoms with E-state index >= 15 is 0 Å². The SMILES string of the molecule is O=C(CCCCBr)Nc1nccc(-c2cc(OCC(F)(F)F)ccc2OCC(F)(F)F)n1. The molecular weight excluding hydrogens is 512 g/mol. The van der Waals surface area contributed by atoms with Crippen molar-refractivity contribution in [2.24, 2.45) is 0 Å². The maximum atomic E-state index is 12.6. The molecular formula is C19H18BrF6N3O3. The van der Waals surface area contributed by atoms with Crippen LogP contribution in [0, 0.1) is 0 Å². The number of nitrogens with zero attached hydrogens (tertiary/aromatic N) is 2. The summed E-state index contributed by atoms with van der Waals surface area (Å²) in [6.45, 7) is -3.21. The Hall–Kier alpha value is -2.57. The molecule has 0 spiro atoms. The average Bonchev–Trinajstić information content (AvgIpc) is 2.70. The molecule has 0 atom stereocenters. The van der Waals surface area contributed by atoms with E-state index in [-0.39, 0.29) is 41.0 Å². The summed E-state index contributed by atoms with van der Waals surface area (Å²) in [5.74, 6) is -1.01. The number of hydrogen-bond donors (Lipinski definition) is 1. The number of carbonyl (C=O) groups is 1. The number of alkyl halides is 7. The van der Waals surface area contributed by atoms with E-state index in [4.69, 9.17) is 4.74 Å². The lowest BCUT2D eigenvalue weighted by molar-refractivity contribution is -0.154. The molecule has 1 aromatic heterocycles. The molecule has 176 valence electrons. The van der Waals surface area contributed by atoms with E-state index in [1.54, 1.807) is 0 Å². The van der Waals surface area contributed by atoms with E-state index in [1.807, 2.05) is 0 Å². The fourth-order valence-electron chi connectivity index (χ4n) is 2.39. The van der Waals surface area contributed by atoms with E-state index in [0.717, 1.165) is 30.0 Å². The minimum atomic E-state index is -4.64. The van der Waals surface area contributed by atoms with Crippen LogP contribution in [0.1, 0.15) is 19.3 Å². The third kappa shape index (κ3) is 9.28.